The van der Waals surface area contributed by atoms with E-state index in [2.05, 4.69) is 28.5 Å². The van der Waals surface area contributed by atoms with Gasteiger partial charge in [0.05, 0.1) is 7.11 Å². The van der Waals surface area contributed by atoms with E-state index in [0.29, 0.717) is 6.04 Å². The molecular weight excluding hydrogens is 390 g/mol. The van der Waals surface area contributed by atoms with Crippen LogP contribution in [0.3, 0.4) is 0 Å². The van der Waals surface area contributed by atoms with Gasteiger partial charge in [-0.3, -0.25) is 4.98 Å². The molecule has 0 atom stereocenters. The molecule has 6 nitrogen and oxygen atoms in total. The smallest absolute Gasteiger partial charge is 0.410 e. The van der Waals surface area contributed by atoms with Crippen LogP contribution in [0.1, 0.15) is 52.0 Å². The molecule has 0 spiro atoms. The first kappa shape index (κ1) is 23.1. The molecule has 1 amide bonds. The molecule has 6 heteroatoms. The molecule has 1 N–H and O–H groups in total. The van der Waals surface area contributed by atoms with E-state index < -0.39 is 5.60 Å². The molecule has 168 valence electrons. The van der Waals surface area contributed by atoms with Gasteiger partial charge in [-0.05, 0) is 70.2 Å². The second-order valence-electron chi connectivity index (χ2n) is 9.25. The number of pyridine rings is 1. The fourth-order valence-corrected chi connectivity index (χ4v) is 4.03. The first-order valence-electron chi connectivity index (χ1n) is 11.0. The van der Waals surface area contributed by atoms with Crippen LogP contribution in [0, 0.1) is 0 Å². The summed E-state index contributed by atoms with van der Waals surface area (Å²) >= 11 is 0. The van der Waals surface area contributed by atoms with Crippen molar-refractivity contribution in [3.8, 4) is 16.9 Å². The monoisotopic (exact) mass is 425 g/mol. The number of rotatable bonds is 6. The number of ether oxygens (including phenoxy) is 2. The highest BCUT2D eigenvalue weighted by atomic mass is 16.6. The molecule has 0 aliphatic heterocycles. The Morgan fingerprint density at radius 3 is 2.52 bits per heavy atom. The van der Waals surface area contributed by atoms with Gasteiger partial charge in [-0.1, -0.05) is 12.1 Å². The van der Waals surface area contributed by atoms with Gasteiger partial charge in [0.15, 0.2) is 0 Å². The summed E-state index contributed by atoms with van der Waals surface area (Å²) in [6, 6.07) is 10.9. The van der Waals surface area contributed by atoms with E-state index in [4.69, 9.17) is 9.47 Å². The Morgan fingerprint density at radius 2 is 1.90 bits per heavy atom. The fourth-order valence-electron chi connectivity index (χ4n) is 4.03. The molecule has 1 aliphatic carbocycles. The Labute approximate surface area is 186 Å². The number of nitrogens with one attached hydrogen (secondary N) is 1. The lowest BCUT2D eigenvalue weighted by atomic mass is 9.90. The lowest BCUT2D eigenvalue weighted by Gasteiger charge is -2.35. The Hall–Kier alpha value is -2.60. The number of hydrogen-bond donors (Lipinski definition) is 1. The van der Waals surface area contributed by atoms with Gasteiger partial charge < -0.3 is 19.7 Å². The van der Waals surface area contributed by atoms with E-state index >= 15 is 0 Å². The zero-order valence-electron chi connectivity index (χ0n) is 19.4. The van der Waals surface area contributed by atoms with Crippen LogP contribution in [0.4, 0.5) is 4.79 Å². The summed E-state index contributed by atoms with van der Waals surface area (Å²) in [6.45, 7) is 6.44. The zero-order valence-corrected chi connectivity index (χ0v) is 19.4. The normalized spacial score (nSPS) is 19.0. The minimum Gasteiger partial charge on any atom is -0.496 e. The summed E-state index contributed by atoms with van der Waals surface area (Å²) in [5.41, 5.74) is 2.90. The van der Waals surface area contributed by atoms with Crippen molar-refractivity contribution in [1.29, 1.82) is 0 Å². The molecule has 1 aromatic heterocycles. The third-order valence-electron chi connectivity index (χ3n) is 5.78. The summed E-state index contributed by atoms with van der Waals surface area (Å²) in [4.78, 5) is 18.3. The van der Waals surface area contributed by atoms with Gasteiger partial charge in [0, 0.05) is 49.2 Å². The van der Waals surface area contributed by atoms with Gasteiger partial charge >= 0.3 is 6.09 Å². The minimum atomic E-state index is -0.465. The summed E-state index contributed by atoms with van der Waals surface area (Å²) in [5.74, 6) is 0.887. The minimum absolute atomic E-state index is 0.233. The molecule has 1 aromatic carbocycles. The maximum absolute atomic E-state index is 12.3. The maximum Gasteiger partial charge on any atom is 0.410 e. The van der Waals surface area contributed by atoms with Gasteiger partial charge in [0.1, 0.15) is 11.4 Å². The molecule has 1 heterocycles. The molecule has 2 aromatic rings. The Bertz CT molecular complexity index is 856. The van der Waals surface area contributed by atoms with Crippen molar-refractivity contribution < 1.29 is 14.3 Å². The second-order valence-corrected chi connectivity index (χ2v) is 9.25. The fraction of sp³-hybridized carbons (Fsp3) is 0.520. The van der Waals surface area contributed by atoms with Crippen LogP contribution in [0.2, 0.25) is 0 Å². The number of amides is 1. The maximum atomic E-state index is 12.3. The van der Waals surface area contributed by atoms with E-state index in [1.54, 1.807) is 18.2 Å². The highest BCUT2D eigenvalue weighted by Crippen LogP contribution is 2.28. The molecular formula is C25H35N3O3. The molecule has 31 heavy (non-hydrogen) atoms. The predicted octanol–water partition coefficient (Wildman–Crippen LogP) is 5.02. The first-order chi connectivity index (χ1) is 14.8. The largest absolute Gasteiger partial charge is 0.496 e. The standard InChI is InChI=1S/C25H35N3O3/c1-25(2,3)31-24(29)28(4)22-11-9-21(10-12-22)27-17-20-15-18(8-13-23(20)30-5)19-7-6-14-26-16-19/h6-8,13-16,21-22,27H,9-12,17H2,1-5H3/t21-,22-. The van der Waals surface area contributed by atoms with Crippen molar-refractivity contribution in [2.45, 2.75) is 70.7 Å². The summed E-state index contributed by atoms with van der Waals surface area (Å²) in [7, 11) is 3.56. The quantitative estimate of drug-likeness (QED) is 0.704. The number of carbonyl (C=O) groups is 1. The van der Waals surface area contributed by atoms with Crippen LogP contribution < -0.4 is 10.1 Å². The SMILES string of the molecule is COc1ccc(-c2cccnc2)cc1CN[C@H]1CC[C@H](N(C)C(=O)OC(C)(C)C)CC1. The highest BCUT2D eigenvalue weighted by Gasteiger charge is 2.29. The van der Waals surface area contributed by atoms with Crippen molar-refractivity contribution in [3.05, 3.63) is 48.3 Å². The molecule has 1 fully saturated rings. The molecule has 0 unspecified atom stereocenters. The average Bonchev–Trinajstić information content (AvgIpc) is 2.76. The molecule has 1 aliphatic rings. The van der Waals surface area contributed by atoms with Crippen molar-refractivity contribution >= 4 is 6.09 Å². The zero-order chi connectivity index (χ0) is 22.4. The highest BCUT2D eigenvalue weighted by molar-refractivity contribution is 5.68. The van der Waals surface area contributed by atoms with Gasteiger partial charge in [0.25, 0.3) is 0 Å². The van der Waals surface area contributed by atoms with Crippen molar-refractivity contribution in [3.63, 3.8) is 0 Å². The predicted molar refractivity (Wildman–Crippen MR) is 123 cm³/mol. The van der Waals surface area contributed by atoms with E-state index in [0.717, 1.165) is 54.7 Å². The van der Waals surface area contributed by atoms with Crippen molar-refractivity contribution in [2.24, 2.45) is 0 Å². The Morgan fingerprint density at radius 1 is 1.16 bits per heavy atom. The number of methoxy groups -OCH3 is 1. The van der Waals surface area contributed by atoms with Gasteiger partial charge in [-0.2, -0.15) is 0 Å². The van der Waals surface area contributed by atoms with Crippen LogP contribution in [0.15, 0.2) is 42.7 Å². The third kappa shape index (κ3) is 6.44. The van der Waals surface area contributed by atoms with Crippen LogP contribution in [0.25, 0.3) is 11.1 Å². The molecule has 0 bridgehead atoms. The topological polar surface area (TPSA) is 63.7 Å². The van der Waals surface area contributed by atoms with Crippen LogP contribution in [-0.4, -0.2) is 47.8 Å². The average molecular weight is 426 g/mol. The van der Waals surface area contributed by atoms with Gasteiger partial charge in [0.2, 0.25) is 0 Å². The summed E-state index contributed by atoms with van der Waals surface area (Å²) in [6.07, 6.45) is 7.43. The number of aromatic nitrogens is 1. The van der Waals surface area contributed by atoms with Gasteiger partial charge in [-0.25, -0.2) is 4.79 Å². The summed E-state index contributed by atoms with van der Waals surface area (Å²) < 4.78 is 11.1. The molecule has 1 saturated carbocycles. The van der Waals surface area contributed by atoms with Crippen LogP contribution in [-0.2, 0) is 11.3 Å². The number of hydrogen-bond acceptors (Lipinski definition) is 5. The lowest BCUT2D eigenvalue weighted by molar-refractivity contribution is 0.0179. The van der Waals surface area contributed by atoms with Crippen molar-refractivity contribution in [2.75, 3.05) is 14.2 Å². The number of carbonyl (C=O) groups excluding carboxylic acids is 1. The molecule has 0 radical (unpaired) electrons. The van der Waals surface area contributed by atoms with Crippen LogP contribution >= 0.6 is 0 Å². The van der Waals surface area contributed by atoms with E-state index in [1.807, 2.05) is 46.1 Å². The van der Waals surface area contributed by atoms with E-state index in [-0.39, 0.29) is 12.1 Å². The van der Waals surface area contributed by atoms with Crippen molar-refractivity contribution in [1.82, 2.24) is 15.2 Å². The Kier molecular flexibility index (Phi) is 7.55. The Balaban J connectivity index is 1.55. The first-order valence-corrected chi connectivity index (χ1v) is 11.0. The number of nitrogens with zero attached hydrogens (tertiary/aromatic N) is 2. The van der Waals surface area contributed by atoms with E-state index in [9.17, 15) is 4.79 Å². The van der Waals surface area contributed by atoms with E-state index in [1.165, 1.54) is 0 Å². The summed E-state index contributed by atoms with van der Waals surface area (Å²) in [5, 5.41) is 3.69. The number of benzene rings is 1. The lowest BCUT2D eigenvalue weighted by Crippen LogP contribution is -2.44. The molecule has 0 saturated heterocycles. The van der Waals surface area contributed by atoms with Crippen LogP contribution in [0.5, 0.6) is 5.75 Å². The molecule has 3 rings (SSSR count). The van der Waals surface area contributed by atoms with Gasteiger partial charge in [-0.15, -0.1) is 0 Å². The second kappa shape index (κ2) is 10.1. The third-order valence-corrected chi connectivity index (χ3v) is 5.78.